The zero-order valence-corrected chi connectivity index (χ0v) is 9.11. The number of rotatable bonds is 3. The van der Waals surface area contributed by atoms with Crippen molar-refractivity contribution in [1.82, 2.24) is 0 Å². The number of hydrogen-bond donors (Lipinski definition) is 1. The Kier molecular flexibility index (Phi) is 3.30. The summed E-state index contributed by atoms with van der Waals surface area (Å²) in [7, 11) is 0. The molecule has 1 aliphatic carbocycles. The van der Waals surface area contributed by atoms with Crippen molar-refractivity contribution < 1.29 is 14.7 Å². The summed E-state index contributed by atoms with van der Waals surface area (Å²) in [5, 5.41) is 9.90. The van der Waals surface area contributed by atoms with Crippen molar-refractivity contribution in [3.8, 4) is 0 Å². The standard InChI is InChI=1S/C14H12O3/c15-12-9-5-4-8-11(12)14(17)13(16)10-6-2-1-3-7-10/h1-9,11,13,16H. The van der Waals surface area contributed by atoms with Crippen LogP contribution in [0.15, 0.2) is 54.6 Å². The fraction of sp³-hybridized carbons (Fsp3) is 0.143. The molecule has 0 saturated heterocycles. The molecular weight excluding hydrogens is 216 g/mol. The quantitative estimate of drug-likeness (QED) is 0.799. The fourth-order valence-corrected chi connectivity index (χ4v) is 1.73. The van der Waals surface area contributed by atoms with Gasteiger partial charge in [-0.1, -0.05) is 48.6 Å². The van der Waals surface area contributed by atoms with Crippen molar-refractivity contribution in [2.45, 2.75) is 6.10 Å². The van der Waals surface area contributed by atoms with Gasteiger partial charge >= 0.3 is 0 Å². The van der Waals surface area contributed by atoms with Crippen LogP contribution in [0.5, 0.6) is 0 Å². The van der Waals surface area contributed by atoms with Crippen molar-refractivity contribution in [2.24, 2.45) is 5.92 Å². The molecule has 0 aliphatic heterocycles. The Labute approximate surface area is 99.1 Å². The van der Waals surface area contributed by atoms with E-state index in [9.17, 15) is 14.7 Å². The first-order valence-corrected chi connectivity index (χ1v) is 5.35. The van der Waals surface area contributed by atoms with E-state index in [2.05, 4.69) is 0 Å². The number of allylic oxidation sites excluding steroid dienone is 4. The van der Waals surface area contributed by atoms with Gasteiger partial charge in [0.1, 0.15) is 12.0 Å². The molecule has 17 heavy (non-hydrogen) atoms. The Bertz CT molecular complexity index is 485. The van der Waals surface area contributed by atoms with Gasteiger partial charge < -0.3 is 5.11 Å². The van der Waals surface area contributed by atoms with Crippen LogP contribution in [0.25, 0.3) is 0 Å². The van der Waals surface area contributed by atoms with E-state index in [0.29, 0.717) is 5.56 Å². The predicted octanol–water partition coefficient (Wildman–Crippen LogP) is 1.60. The average molecular weight is 228 g/mol. The highest BCUT2D eigenvalue weighted by atomic mass is 16.3. The van der Waals surface area contributed by atoms with E-state index in [-0.39, 0.29) is 5.78 Å². The van der Waals surface area contributed by atoms with E-state index >= 15 is 0 Å². The van der Waals surface area contributed by atoms with Crippen LogP contribution in [0.4, 0.5) is 0 Å². The number of benzene rings is 1. The third kappa shape index (κ3) is 2.40. The molecule has 1 aromatic rings. The van der Waals surface area contributed by atoms with Crippen LogP contribution in [0, 0.1) is 5.92 Å². The van der Waals surface area contributed by atoms with E-state index < -0.39 is 17.8 Å². The second-order valence-electron chi connectivity index (χ2n) is 3.84. The van der Waals surface area contributed by atoms with E-state index in [1.807, 2.05) is 0 Å². The summed E-state index contributed by atoms with van der Waals surface area (Å²) in [6.45, 7) is 0. The molecule has 0 heterocycles. The minimum absolute atomic E-state index is 0.285. The van der Waals surface area contributed by atoms with E-state index in [1.54, 1.807) is 42.5 Å². The molecule has 0 amide bonds. The van der Waals surface area contributed by atoms with Gasteiger partial charge in [-0.2, -0.15) is 0 Å². The van der Waals surface area contributed by atoms with Crippen molar-refractivity contribution in [2.75, 3.05) is 0 Å². The predicted molar refractivity (Wildman–Crippen MR) is 63.2 cm³/mol. The molecule has 0 spiro atoms. The van der Waals surface area contributed by atoms with Crippen molar-refractivity contribution in [3.63, 3.8) is 0 Å². The van der Waals surface area contributed by atoms with Crippen LogP contribution in [-0.2, 0) is 9.59 Å². The molecule has 0 bridgehead atoms. The second kappa shape index (κ2) is 4.89. The summed E-state index contributed by atoms with van der Waals surface area (Å²) in [6, 6.07) is 8.61. The number of carbonyl (C=O) groups excluding carboxylic acids is 2. The molecule has 0 radical (unpaired) electrons. The van der Waals surface area contributed by atoms with E-state index in [0.717, 1.165) is 0 Å². The minimum Gasteiger partial charge on any atom is -0.381 e. The summed E-state index contributed by atoms with van der Waals surface area (Å²) in [6.07, 6.45) is 4.83. The van der Waals surface area contributed by atoms with Gasteiger partial charge in [0.2, 0.25) is 0 Å². The van der Waals surface area contributed by atoms with Crippen LogP contribution < -0.4 is 0 Å². The summed E-state index contributed by atoms with van der Waals surface area (Å²) < 4.78 is 0. The third-order valence-electron chi connectivity index (χ3n) is 2.67. The maximum Gasteiger partial charge on any atom is 0.180 e. The number of hydrogen-bond acceptors (Lipinski definition) is 3. The third-order valence-corrected chi connectivity index (χ3v) is 2.67. The average Bonchev–Trinajstić information content (AvgIpc) is 2.39. The lowest BCUT2D eigenvalue weighted by molar-refractivity contribution is -0.134. The van der Waals surface area contributed by atoms with Gasteiger partial charge in [-0.15, -0.1) is 0 Å². The Morgan fingerprint density at radius 2 is 1.88 bits per heavy atom. The fourth-order valence-electron chi connectivity index (χ4n) is 1.73. The lowest BCUT2D eigenvalue weighted by atomic mass is 9.89. The maximum atomic E-state index is 12.0. The normalized spacial score (nSPS) is 20.3. The van der Waals surface area contributed by atoms with E-state index in [1.165, 1.54) is 12.2 Å². The number of aliphatic hydroxyl groups excluding tert-OH is 1. The monoisotopic (exact) mass is 228 g/mol. The topological polar surface area (TPSA) is 54.4 Å². The van der Waals surface area contributed by atoms with Crippen molar-refractivity contribution in [3.05, 3.63) is 60.2 Å². The largest absolute Gasteiger partial charge is 0.381 e. The molecule has 86 valence electrons. The molecule has 2 rings (SSSR count). The first-order valence-electron chi connectivity index (χ1n) is 5.35. The molecule has 2 atom stereocenters. The van der Waals surface area contributed by atoms with Crippen molar-refractivity contribution >= 4 is 11.6 Å². The van der Waals surface area contributed by atoms with Gasteiger partial charge in [-0.25, -0.2) is 0 Å². The molecule has 0 aromatic heterocycles. The minimum atomic E-state index is -1.25. The number of carbonyl (C=O) groups is 2. The Morgan fingerprint density at radius 1 is 1.18 bits per heavy atom. The molecule has 3 heteroatoms. The molecular formula is C14H12O3. The lowest BCUT2D eigenvalue weighted by Crippen LogP contribution is -2.27. The zero-order chi connectivity index (χ0) is 12.3. The maximum absolute atomic E-state index is 12.0. The molecule has 3 nitrogen and oxygen atoms in total. The highest BCUT2D eigenvalue weighted by Gasteiger charge is 2.29. The van der Waals surface area contributed by atoms with E-state index in [4.69, 9.17) is 0 Å². The SMILES string of the molecule is O=C1C=CC=CC1C(=O)C(O)c1ccccc1. The smallest absolute Gasteiger partial charge is 0.180 e. The van der Waals surface area contributed by atoms with Gasteiger partial charge in [0.25, 0.3) is 0 Å². The van der Waals surface area contributed by atoms with Gasteiger partial charge in [-0.05, 0) is 11.6 Å². The van der Waals surface area contributed by atoms with Gasteiger partial charge in [0, 0.05) is 0 Å². The van der Waals surface area contributed by atoms with Crippen molar-refractivity contribution in [1.29, 1.82) is 0 Å². The van der Waals surface area contributed by atoms with Gasteiger partial charge in [0.05, 0.1) is 0 Å². The first kappa shape index (κ1) is 11.5. The zero-order valence-electron chi connectivity index (χ0n) is 9.11. The number of aliphatic hydroxyl groups is 1. The molecule has 2 unspecified atom stereocenters. The summed E-state index contributed by atoms with van der Waals surface area (Å²) in [4.78, 5) is 23.5. The highest BCUT2D eigenvalue weighted by Crippen LogP contribution is 2.20. The summed E-state index contributed by atoms with van der Waals surface area (Å²) in [5.74, 6) is -1.63. The lowest BCUT2D eigenvalue weighted by Gasteiger charge is -2.15. The van der Waals surface area contributed by atoms with Crippen LogP contribution >= 0.6 is 0 Å². The summed E-state index contributed by atoms with van der Waals surface area (Å²) >= 11 is 0. The number of ketones is 2. The molecule has 1 aliphatic rings. The molecule has 0 saturated carbocycles. The number of Topliss-reactive ketones (excluding diaryl/α,β-unsaturated/α-hetero) is 1. The second-order valence-corrected chi connectivity index (χ2v) is 3.84. The molecule has 0 fully saturated rings. The van der Waals surface area contributed by atoms with Gasteiger partial charge in [0.15, 0.2) is 11.6 Å². The summed E-state index contributed by atoms with van der Waals surface area (Å²) in [5.41, 5.74) is 0.508. The molecule has 1 N–H and O–H groups in total. The van der Waals surface area contributed by atoms with Crippen LogP contribution in [0.1, 0.15) is 11.7 Å². The van der Waals surface area contributed by atoms with Crippen LogP contribution in [0.2, 0.25) is 0 Å². The van der Waals surface area contributed by atoms with Crippen LogP contribution in [0.3, 0.4) is 0 Å². The Morgan fingerprint density at radius 3 is 2.53 bits per heavy atom. The van der Waals surface area contributed by atoms with Gasteiger partial charge in [-0.3, -0.25) is 9.59 Å². The molecule has 1 aromatic carbocycles. The first-order chi connectivity index (χ1) is 8.20. The highest BCUT2D eigenvalue weighted by molar-refractivity contribution is 6.11. The Hall–Kier alpha value is -2.00. The Balaban J connectivity index is 2.18. The van der Waals surface area contributed by atoms with Crippen LogP contribution in [-0.4, -0.2) is 16.7 Å².